The molecule has 0 N–H and O–H groups in total. The van der Waals surface area contributed by atoms with Crippen LogP contribution in [0.4, 0.5) is 0 Å². The summed E-state index contributed by atoms with van der Waals surface area (Å²) in [6, 6.07) is 16.7. The molecule has 1 atom stereocenters. The lowest BCUT2D eigenvalue weighted by Crippen LogP contribution is -2.18. The predicted octanol–water partition coefficient (Wildman–Crippen LogP) is 4.19. The summed E-state index contributed by atoms with van der Waals surface area (Å²) in [5, 5.41) is 0. The zero-order valence-electron chi connectivity index (χ0n) is 14.0. The van der Waals surface area contributed by atoms with E-state index < -0.39 is 0 Å². The Bertz CT molecular complexity index is 625. The standard InChI is InChI=1S/C20H24O3/c1-4-21-17-9-5-15(6-10-17)20(2,3)16-7-11-18(12-8-16)22-13-19-14-23-19/h5-12,19H,4,13-14H2,1-3H3. The molecule has 1 unspecified atom stereocenters. The van der Waals surface area contributed by atoms with Crippen molar-refractivity contribution < 1.29 is 14.2 Å². The van der Waals surface area contributed by atoms with Gasteiger partial charge >= 0.3 is 0 Å². The molecule has 0 aliphatic carbocycles. The summed E-state index contributed by atoms with van der Waals surface area (Å²) in [4.78, 5) is 0. The SMILES string of the molecule is CCOc1ccc(C(C)(C)c2ccc(OCC3CO3)cc2)cc1. The highest BCUT2D eigenvalue weighted by atomic mass is 16.6. The average molecular weight is 312 g/mol. The molecule has 0 amide bonds. The zero-order valence-corrected chi connectivity index (χ0v) is 14.0. The van der Waals surface area contributed by atoms with Crippen molar-refractivity contribution in [3.05, 3.63) is 59.7 Å². The van der Waals surface area contributed by atoms with Crippen molar-refractivity contribution in [1.82, 2.24) is 0 Å². The minimum atomic E-state index is -0.0666. The normalized spacial score (nSPS) is 16.9. The van der Waals surface area contributed by atoms with Gasteiger partial charge in [0.25, 0.3) is 0 Å². The number of hydrogen-bond acceptors (Lipinski definition) is 3. The maximum Gasteiger partial charge on any atom is 0.119 e. The van der Waals surface area contributed by atoms with Crippen molar-refractivity contribution in [3.8, 4) is 11.5 Å². The van der Waals surface area contributed by atoms with Gasteiger partial charge in [0.2, 0.25) is 0 Å². The first-order chi connectivity index (χ1) is 11.1. The third-order valence-electron chi connectivity index (χ3n) is 4.30. The molecule has 3 nitrogen and oxygen atoms in total. The molecule has 0 spiro atoms. The molecule has 1 heterocycles. The molecule has 2 aromatic carbocycles. The number of ether oxygens (including phenoxy) is 3. The van der Waals surface area contributed by atoms with Crippen molar-refractivity contribution >= 4 is 0 Å². The summed E-state index contributed by atoms with van der Waals surface area (Å²) in [6.45, 7) is 8.62. The summed E-state index contributed by atoms with van der Waals surface area (Å²) >= 11 is 0. The van der Waals surface area contributed by atoms with Gasteiger partial charge in [-0.1, -0.05) is 38.1 Å². The van der Waals surface area contributed by atoms with E-state index in [1.54, 1.807) is 0 Å². The molecule has 0 bridgehead atoms. The smallest absolute Gasteiger partial charge is 0.119 e. The molecule has 23 heavy (non-hydrogen) atoms. The van der Waals surface area contributed by atoms with E-state index in [0.29, 0.717) is 13.2 Å². The summed E-state index contributed by atoms with van der Waals surface area (Å²) in [6.07, 6.45) is 0.287. The summed E-state index contributed by atoms with van der Waals surface area (Å²) in [5.74, 6) is 1.81. The van der Waals surface area contributed by atoms with Crippen LogP contribution in [0.1, 0.15) is 31.9 Å². The Balaban J connectivity index is 1.72. The molecule has 0 radical (unpaired) electrons. The molecule has 1 saturated heterocycles. The Kier molecular flexibility index (Phi) is 4.58. The van der Waals surface area contributed by atoms with Gasteiger partial charge in [-0.05, 0) is 42.3 Å². The van der Waals surface area contributed by atoms with E-state index >= 15 is 0 Å². The average Bonchev–Trinajstić information content (AvgIpc) is 3.39. The van der Waals surface area contributed by atoms with Gasteiger partial charge in [-0.15, -0.1) is 0 Å². The first-order valence-corrected chi connectivity index (χ1v) is 8.18. The maximum absolute atomic E-state index is 5.70. The van der Waals surface area contributed by atoms with Crippen LogP contribution in [0, 0.1) is 0 Å². The zero-order chi connectivity index (χ0) is 16.3. The summed E-state index contributed by atoms with van der Waals surface area (Å²) < 4.78 is 16.4. The summed E-state index contributed by atoms with van der Waals surface area (Å²) in [7, 11) is 0. The van der Waals surface area contributed by atoms with E-state index in [9.17, 15) is 0 Å². The fourth-order valence-corrected chi connectivity index (χ4v) is 2.62. The predicted molar refractivity (Wildman–Crippen MR) is 91.4 cm³/mol. The molecular weight excluding hydrogens is 288 g/mol. The molecule has 1 fully saturated rings. The van der Waals surface area contributed by atoms with E-state index in [1.807, 2.05) is 31.2 Å². The molecule has 2 aromatic rings. The van der Waals surface area contributed by atoms with Gasteiger partial charge in [0, 0.05) is 5.41 Å². The van der Waals surface area contributed by atoms with E-state index in [1.165, 1.54) is 11.1 Å². The van der Waals surface area contributed by atoms with Gasteiger partial charge < -0.3 is 14.2 Å². The molecule has 1 aliphatic heterocycles. The Labute approximate surface area is 138 Å². The molecule has 3 heteroatoms. The summed E-state index contributed by atoms with van der Waals surface area (Å²) in [5.41, 5.74) is 2.46. The van der Waals surface area contributed by atoms with Gasteiger partial charge in [-0.25, -0.2) is 0 Å². The molecule has 3 rings (SSSR count). The molecule has 122 valence electrons. The van der Waals surface area contributed by atoms with E-state index in [4.69, 9.17) is 14.2 Å². The van der Waals surface area contributed by atoms with Gasteiger partial charge in [0.1, 0.15) is 24.2 Å². The topological polar surface area (TPSA) is 31.0 Å². The second-order valence-electron chi connectivity index (χ2n) is 6.37. The lowest BCUT2D eigenvalue weighted by Gasteiger charge is -2.26. The van der Waals surface area contributed by atoms with Crippen molar-refractivity contribution in [2.24, 2.45) is 0 Å². The first-order valence-electron chi connectivity index (χ1n) is 8.18. The second-order valence-corrected chi connectivity index (χ2v) is 6.37. The molecule has 0 saturated carbocycles. The van der Waals surface area contributed by atoms with Gasteiger partial charge in [0.15, 0.2) is 0 Å². The highest BCUT2D eigenvalue weighted by Gasteiger charge is 2.24. The monoisotopic (exact) mass is 312 g/mol. The Morgan fingerprint density at radius 2 is 1.39 bits per heavy atom. The highest BCUT2D eigenvalue weighted by Crippen LogP contribution is 2.33. The number of hydrogen-bond donors (Lipinski definition) is 0. The van der Waals surface area contributed by atoms with Crippen LogP contribution in [0.2, 0.25) is 0 Å². The van der Waals surface area contributed by atoms with Crippen molar-refractivity contribution in [1.29, 1.82) is 0 Å². The third kappa shape index (κ3) is 3.85. The molecule has 1 aliphatic rings. The maximum atomic E-state index is 5.70. The van der Waals surface area contributed by atoms with Crippen molar-refractivity contribution in [2.75, 3.05) is 19.8 Å². The van der Waals surface area contributed by atoms with E-state index in [0.717, 1.165) is 18.1 Å². The largest absolute Gasteiger partial charge is 0.494 e. The van der Waals surface area contributed by atoms with E-state index in [2.05, 4.69) is 38.1 Å². The van der Waals surface area contributed by atoms with Crippen LogP contribution in [-0.4, -0.2) is 25.9 Å². The Morgan fingerprint density at radius 3 is 1.83 bits per heavy atom. The minimum absolute atomic E-state index is 0.0666. The first kappa shape index (κ1) is 15.9. The van der Waals surface area contributed by atoms with Crippen LogP contribution in [0.5, 0.6) is 11.5 Å². The quantitative estimate of drug-likeness (QED) is 0.718. The van der Waals surface area contributed by atoms with Crippen LogP contribution >= 0.6 is 0 Å². The van der Waals surface area contributed by atoms with Crippen molar-refractivity contribution in [3.63, 3.8) is 0 Å². The van der Waals surface area contributed by atoms with Gasteiger partial charge in [0.05, 0.1) is 13.2 Å². The van der Waals surface area contributed by atoms with E-state index in [-0.39, 0.29) is 11.5 Å². The van der Waals surface area contributed by atoms with Gasteiger partial charge in [-0.3, -0.25) is 0 Å². The number of benzene rings is 2. The minimum Gasteiger partial charge on any atom is -0.494 e. The molecular formula is C20H24O3. The fraction of sp³-hybridized carbons (Fsp3) is 0.400. The molecule has 0 aromatic heterocycles. The number of epoxide rings is 1. The fourth-order valence-electron chi connectivity index (χ4n) is 2.62. The van der Waals surface area contributed by atoms with Crippen LogP contribution in [-0.2, 0) is 10.2 Å². The lowest BCUT2D eigenvalue weighted by atomic mass is 9.78. The van der Waals surface area contributed by atoms with Crippen LogP contribution in [0.15, 0.2) is 48.5 Å². The lowest BCUT2D eigenvalue weighted by molar-refractivity contribution is 0.263. The number of rotatable bonds is 7. The van der Waals surface area contributed by atoms with Crippen molar-refractivity contribution in [2.45, 2.75) is 32.3 Å². The Hall–Kier alpha value is -2.00. The Morgan fingerprint density at radius 1 is 0.913 bits per heavy atom. The third-order valence-corrected chi connectivity index (χ3v) is 4.30. The second kappa shape index (κ2) is 6.63. The van der Waals surface area contributed by atoms with Crippen LogP contribution in [0.3, 0.4) is 0 Å². The van der Waals surface area contributed by atoms with Crippen LogP contribution in [0.25, 0.3) is 0 Å². The highest BCUT2D eigenvalue weighted by molar-refractivity contribution is 5.41. The van der Waals surface area contributed by atoms with Gasteiger partial charge in [-0.2, -0.15) is 0 Å². The van der Waals surface area contributed by atoms with Crippen LogP contribution < -0.4 is 9.47 Å².